The van der Waals surface area contributed by atoms with Crippen molar-refractivity contribution in [3.05, 3.63) is 62.9 Å². The number of benzene rings is 2. The summed E-state index contributed by atoms with van der Waals surface area (Å²) in [7, 11) is 0. The van der Waals surface area contributed by atoms with Crippen molar-refractivity contribution in [3.8, 4) is 17.0 Å². The Morgan fingerprint density at radius 2 is 2.04 bits per heavy atom. The summed E-state index contributed by atoms with van der Waals surface area (Å²) in [4.78, 5) is 16.5. The molecule has 0 atom stereocenters. The average molecular weight is 438 g/mol. The molecule has 3 rings (SSSR count). The molecule has 0 aliphatic rings. The fourth-order valence-corrected chi connectivity index (χ4v) is 3.61. The Kier molecular flexibility index (Phi) is 5.73. The van der Waals surface area contributed by atoms with Crippen LogP contribution in [0.3, 0.4) is 0 Å². The van der Waals surface area contributed by atoms with Crippen molar-refractivity contribution >= 4 is 49.9 Å². The SMILES string of the molecule is Cc1ccc(-c2csc(NC(=O)COc3ccc(Cl)cc3Br)n2)cc1. The Balaban J connectivity index is 1.59. The first kappa shape index (κ1) is 17.9. The molecule has 0 aliphatic carbocycles. The molecule has 1 heterocycles. The molecule has 1 N–H and O–H groups in total. The van der Waals surface area contributed by atoms with Gasteiger partial charge in [-0.05, 0) is 41.1 Å². The van der Waals surface area contributed by atoms with Gasteiger partial charge in [0.05, 0.1) is 10.2 Å². The van der Waals surface area contributed by atoms with Crippen LogP contribution in [0.2, 0.25) is 5.02 Å². The van der Waals surface area contributed by atoms with E-state index in [1.807, 2.05) is 36.6 Å². The molecule has 3 aromatic rings. The van der Waals surface area contributed by atoms with Gasteiger partial charge in [-0.2, -0.15) is 0 Å². The molecule has 128 valence electrons. The third kappa shape index (κ3) is 4.81. The molecule has 0 saturated carbocycles. The zero-order chi connectivity index (χ0) is 17.8. The van der Waals surface area contributed by atoms with Crippen molar-refractivity contribution in [1.29, 1.82) is 0 Å². The van der Waals surface area contributed by atoms with E-state index in [1.54, 1.807) is 18.2 Å². The highest BCUT2D eigenvalue weighted by molar-refractivity contribution is 9.10. The van der Waals surface area contributed by atoms with E-state index in [0.717, 1.165) is 11.3 Å². The largest absolute Gasteiger partial charge is 0.483 e. The number of carbonyl (C=O) groups excluding carboxylic acids is 1. The first-order valence-electron chi connectivity index (χ1n) is 7.41. The second kappa shape index (κ2) is 7.99. The molecule has 1 aromatic heterocycles. The highest BCUT2D eigenvalue weighted by Crippen LogP contribution is 2.28. The smallest absolute Gasteiger partial charge is 0.264 e. The predicted molar refractivity (Wildman–Crippen MR) is 106 cm³/mol. The Morgan fingerprint density at radius 3 is 2.76 bits per heavy atom. The maximum Gasteiger partial charge on any atom is 0.264 e. The van der Waals surface area contributed by atoms with Gasteiger partial charge in [0.1, 0.15) is 5.75 Å². The molecule has 1 amide bonds. The fourth-order valence-electron chi connectivity index (χ4n) is 2.08. The number of rotatable bonds is 5. The molecule has 25 heavy (non-hydrogen) atoms. The number of aryl methyl sites for hydroxylation is 1. The van der Waals surface area contributed by atoms with E-state index < -0.39 is 0 Å². The van der Waals surface area contributed by atoms with Gasteiger partial charge in [0.15, 0.2) is 11.7 Å². The second-order valence-electron chi connectivity index (χ2n) is 5.32. The van der Waals surface area contributed by atoms with Gasteiger partial charge in [-0.25, -0.2) is 4.98 Å². The number of halogens is 2. The number of hydrogen-bond acceptors (Lipinski definition) is 4. The molecular weight excluding hydrogens is 424 g/mol. The zero-order valence-electron chi connectivity index (χ0n) is 13.3. The summed E-state index contributed by atoms with van der Waals surface area (Å²) in [6.45, 7) is 1.93. The van der Waals surface area contributed by atoms with Crippen molar-refractivity contribution < 1.29 is 9.53 Å². The van der Waals surface area contributed by atoms with Crippen LogP contribution in [0.15, 0.2) is 52.3 Å². The van der Waals surface area contributed by atoms with Crippen molar-refractivity contribution in [2.24, 2.45) is 0 Å². The van der Waals surface area contributed by atoms with Crippen molar-refractivity contribution in [3.63, 3.8) is 0 Å². The molecule has 0 aliphatic heterocycles. The quantitative estimate of drug-likeness (QED) is 0.569. The number of amides is 1. The van der Waals surface area contributed by atoms with Crippen LogP contribution in [0.1, 0.15) is 5.56 Å². The molecule has 0 fully saturated rings. The van der Waals surface area contributed by atoms with Crippen molar-refractivity contribution in [2.75, 3.05) is 11.9 Å². The summed E-state index contributed by atoms with van der Waals surface area (Å²) in [6, 6.07) is 13.2. The number of anilines is 1. The molecule has 0 radical (unpaired) electrons. The summed E-state index contributed by atoms with van der Waals surface area (Å²) >= 11 is 10.6. The molecule has 0 saturated heterocycles. The lowest BCUT2D eigenvalue weighted by atomic mass is 10.1. The summed E-state index contributed by atoms with van der Waals surface area (Å²) in [6.07, 6.45) is 0. The lowest BCUT2D eigenvalue weighted by molar-refractivity contribution is -0.118. The molecule has 2 aromatic carbocycles. The van der Waals surface area contributed by atoms with Gasteiger partial charge < -0.3 is 4.74 Å². The number of thiazole rings is 1. The Hall–Kier alpha value is -1.89. The first-order chi connectivity index (χ1) is 12.0. The third-order valence-electron chi connectivity index (χ3n) is 3.35. The van der Waals surface area contributed by atoms with E-state index in [-0.39, 0.29) is 12.5 Å². The fraction of sp³-hybridized carbons (Fsp3) is 0.111. The van der Waals surface area contributed by atoms with Crippen LogP contribution in [0.4, 0.5) is 5.13 Å². The number of nitrogens with one attached hydrogen (secondary N) is 1. The highest BCUT2D eigenvalue weighted by atomic mass is 79.9. The Labute approximate surface area is 162 Å². The number of nitrogens with zero attached hydrogens (tertiary/aromatic N) is 1. The van der Waals surface area contributed by atoms with E-state index in [1.165, 1.54) is 16.9 Å². The molecule has 0 unspecified atom stereocenters. The maximum absolute atomic E-state index is 12.0. The van der Waals surface area contributed by atoms with Crippen LogP contribution < -0.4 is 10.1 Å². The molecule has 0 spiro atoms. The van der Waals surface area contributed by atoms with Crippen LogP contribution in [0, 0.1) is 6.92 Å². The van der Waals surface area contributed by atoms with Gasteiger partial charge in [-0.1, -0.05) is 41.4 Å². The van der Waals surface area contributed by atoms with Gasteiger partial charge in [-0.3, -0.25) is 10.1 Å². The number of carbonyl (C=O) groups is 1. The molecule has 0 bridgehead atoms. The summed E-state index contributed by atoms with van der Waals surface area (Å²) < 4.78 is 6.19. The van der Waals surface area contributed by atoms with Crippen molar-refractivity contribution in [1.82, 2.24) is 4.98 Å². The van der Waals surface area contributed by atoms with Crippen LogP contribution in [0.25, 0.3) is 11.3 Å². The van der Waals surface area contributed by atoms with E-state index in [9.17, 15) is 4.79 Å². The lowest BCUT2D eigenvalue weighted by Gasteiger charge is -2.07. The van der Waals surface area contributed by atoms with Gasteiger partial charge in [0, 0.05) is 16.0 Å². The van der Waals surface area contributed by atoms with E-state index in [2.05, 4.69) is 26.2 Å². The molecular formula is C18H14BrClN2O2S. The maximum atomic E-state index is 12.0. The van der Waals surface area contributed by atoms with Gasteiger partial charge >= 0.3 is 0 Å². The Morgan fingerprint density at radius 1 is 1.28 bits per heavy atom. The minimum Gasteiger partial charge on any atom is -0.483 e. The standard InChI is InChI=1S/C18H14BrClN2O2S/c1-11-2-4-12(5-3-11)15-10-25-18(21-15)22-17(23)9-24-16-7-6-13(20)8-14(16)19/h2-8,10H,9H2,1H3,(H,21,22,23). The first-order valence-corrected chi connectivity index (χ1v) is 9.46. The van der Waals surface area contributed by atoms with E-state index >= 15 is 0 Å². The summed E-state index contributed by atoms with van der Waals surface area (Å²) in [5.74, 6) is 0.283. The zero-order valence-corrected chi connectivity index (χ0v) is 16.4. The Bertz CT molecular complexity index is 896. The third-order valence-corrected chi connectivity index (χ3v) is 4.96. The van der Waals surface area contributed by atoms with Gasteiger partial charge in [-0.15, -0.1) is 11.3 Å². The van der Waals surface area contributed by atoms with Crippen LogP contribution in [-0.4, -0.2) is 17.5 Å². The number of aromatic nitrogens is 1. The molecule has 7 heteroatoms. The minimum absolute atomic E-state index is 0.111. The van der Waals surface area contributed by atoms with E-state index in [0.29, 0.717) is 20.4 Å². The molecule has 4 nitrogen and oxygen atoms in total. The van der Waals surface area contributed by atoms with Crippen LogP contribution in [-0.2, 0) is 4.79 Å². The normalized spacial score (nSPS) is 10.5. The van der Waals surface area contributed by atoms with Crippen LogP contribution in [0.5, 0.6) is 5.75 Å². The van der Waals surface area contributed by atoms with Gasteiger partial charge in [0.2, 0.25) is 0 Å². The lowest BCUT2D eigenvalue weighted by Crippen LogP contribution is -2.20. The minimum atomic E-state index is -0.272. The summed E-state index contributed by atoms with van der Waals surface area (Å²) in [5.41, 5.74) is 3.04. The number of ether oxygens (including phenoxy) is 1. The van der Waals surface area contributed by atoms with Gasteiger partial charge in [0.25, 0.3) is 5.91 Å². The second-order valence-corrected chi connectivity index (χ2v) is 7.46. The van der Waals surface area contributed by atoms with Crippen molar-refractivity contribution in [2.45, 2.75) is 6.92 Å². The average Bonchev–Trinajstić information content (AvgIpc) is 3.03. The topological polar surface area (TPSA) is 51.2 Å². The highest BCUT2D eigenvalue weighted by Gasteiger charge is 2.10. The predicted octanol–water partition coefficient (Wildman–Crippen LogP) is 5.55. The number of hydrogen-bond donors (Lipinski definition) is 1. The van der Waals surface area contributed by atoms with Crippen LogP contribution >= 0.6 is 38.9 Å². The van der Waals surface area contributed by atoms with E-state index in [4.69, 9.17) is 16.3 Å². The monoisotopic (exact) mass is 436 g/mol. The summed E-state index contributed by atoms with van der Waals surface area (Å²) in [5, 5.41) is 5.79.